The molecule has 14 heavy (non-hydrogen) atoms. The summed E-state index contributed by atoms with van der Waals surface area (Å²) in [6.07, 6.45) is 2.30. The van der Waals surface area contributed by atoms with Gasteiger partial charge in [0.25, 0.3) is 0 Å². The molecule has 0 aliphatic carbocycles. The summed E-state index contributed by atoms with van der Waals surface area (Å²) in [6, 6.07) is 0.403. The molecule has 1 aromatic rings. The van der Waals surface area contributed by atoms with Gasteiger partial charge in [-0.15, -0.1) is 0 Å². The van der Waals surface area contributed by atoms with Crippen LogP contribution < -0.4 is 5.32 Å². The van der Waals surface area contributed by atoms with Gasteiger partial charge in [0.05, 0.1) is 17.8 Å². The van der Waals surface area contributed by atoms with Crippen molar-refractivity contribution >= 4 is 29.1 Å². The first-order valence-electron chi connectivity index (χ1n) is 4.62. The molecule has 4 nitrogen and oxygen atoms in total. The standard InChI is InChI=1S/C8H12ClN3OS/c1-5-4-6(2-3-13-5)10-8-7(9)11-14-12-8/h5-6H,2-4H2,1H3,(H,10,12). The third kappa shape index (κ3) is 2.34. The third-order valence-corrected chi connectivity index (χ3v) is 3.17. The molecule has 1 fully saturated rings. The molecule has 0 bridgehead atoms. The smallest absolute Gasteiger partial charge is 0.186 e. The third-order valence-electron chi connectivity index (χ3n) is 2.27. The van der Waals surface area contributed by atoms with Crippen LogP contribution in [-0.4, -0.2) is 27.5 Å². The van der Waals surface area contributed by atoms with Gasteiger partial charge in [0.2, 0.25) is 0 Å². The van der Waals surface area contributed by atoms with Gasteiger partial charge in [-0.05, 0) is 19.8 Å². The van der Waals surface area contributed by atoms with E-state index in [-0.39, 0.29) is 0 Å². The molecule has 2 atom stereocenters. The summed E-state index contributed by atoms with van der Waals surface area (Å²) in [5.74, 6) is 0.704. The van der Waals surface area contributed by atoms with E-state index in [0.29, 0.717) is 23.1 Å². The van der Waals surface area contributed by atoms with Crippen LogP contribution in [0.25, 0.3) is 0 Å². The van der Waals surface area contributed by atoms with Gasteiger partial charge in [0, 0.05) is 12.6 Å². The summed E-state index contributed by atoms with van der Waals surface area (Å²) < 4.78 is 13.4. The minimum atomic E-state index is 0.312. The van der Waals surface area contributed by atoms with Crippen LogP contribution in [0.5, 0.6) is 0 Å². The second-order valence-electron chi connectivity index (χ2n) is 3.45. The van der Waals surface area contributed by atoms with Crippen LogP contribution in [0.4, 0.5) is 5.82 Å². The number of rotatable bonds is 2. The van der Waals surface area contributed by atoms with Crippen molar-refractivity contribution in [1.29, 1.82) is 0 Å². The zero-order valence-corrected chi connectivity index (χ0v) is 9.44. The topological polar surface area (TPSA) is 47.0 Å². The highest BCUT2D eigenvalue weighted by molar-refractivity contribution is 6.99. The predicted molar refractivity (Wildman–Crippen MR) is 57.0 cm³/mol. The Hall–Kier alpha value is -0.390. The van der Waals surface area contributed by atoms with Gasteiger partial charge in [0.15, 0.2) is 11.0 Å². The molecule has 0 aromatic carbocycles. The summed E-state index contributed by atoms with van der Waals surface area (Å²) in [5, 5.41) is 3.75. The van der Waals surface area contributed by atoms with E-state index in [9.17, 15) is 0 Å². The Balaban J connectivity index is 1.94. The molecule has 0 spiro atoms. The van der Waals surface area contributed by atoms with Gasteiger partial charge in [-0.1, -0.05) is 11.6 Å². The largest absolute Gasteiger partial charge is 0.378 e. The lowest BCUT2D eigenvalue weighted by Crippen LogP contribution is -2.32. The van der Waals surface area contributed by atoms with E-state index in [1.54, 1.807) is 0 Å². The fourth-order valence-corrected chi connectivity index (χ4v) is 2.25. The number of anilines is 1. The van der Waals surface area contributed by atoms with Gasteiger partial charge in [-0.25, -0.2) is 0 Å². The van der Waals surface area contributed by atoms with Crippen molar-refractivity contribution in [3.05, 3.63) is 5.15 Å². The average Bonchev–Trinajstić information content (AvgIpc) is 2.52. The number of nitrogens with one attached hydrogen (secondary N) is 1. The lowest BCUT2D eigenvalue weighted by atomic mass is 10.0. The molecular formula is C8H12ClN3OS. The highest BCUT2D eigenvalue weighted by atomic mass is 35.5. The van der Waals surface area contributed by atoms with Crippen molar-refractivity contribution < 1.29 is 4.74 Å². The van der Waals surface area contributed by atoms with Crippen LogP contribution in [0.1, 0.15) is 19.8 Å². The van der Waals surface area contributed by atoms with E-state index < -0.39 is 0 Å². The summed E-state index contributed by atoms with van der Waals surface area (Å²) in [4.78, 5) is 0. The SMILES string of the molecule is CC1CC(Nc2nsnc2Cl)CCO1. The quantitative estimate of drug-likeness (QED) is 0.851. The normalized spacial score (nSPS) is 27.6. The highest BCUT2D eigenvalue weighted by Crippen LogP contribution is 2.22. The Kier molecular flexibility index (Phi) is 3.20. The van der Waals surface area contributed by atoms with Crippen molar-refractivity contribution in [3.63, 3.8) is 0 Å². The van der Waals surface area contributed by atoms with E-state index in [0.717, 1.165) is 31.2 Å². The molecule has 1 aliphatic heterocycles. The van der Waals surface area contributed by atoms with E-state index in [1.165, 1.54) is 0 Å². The lowest BCUT2D eigenvalue weighted by Gasteiger charge is -2.27. The number of aromatic nitrogens is 2. The first-order chi connectivity index (χ1) is 6.75. The second-order valence-corrected chi connectivity index (χ2v) is 4.34. The van der Waals surface area contributed by atoms with Crippen molar-refractivity contribution in [2.75, 3.05) is 11.9 Å². The molecule has 0 radical (unpaired) electrons. The molecular weight excluding hydrogens is 222 g/mol. The molecule has 2 heterocycles. The monoisotopic (exact) mass is 233 g/mol. The Bertz CT molecular complexity index is 307. The van der Waals surface area contributed by atoms with Gasteiger partial charge >= 0.3 is 0 Å². The number of hydrogen-bond acceptors (Lipinski definition) is 5. The van der Waals surface area contributed by atoms with Crippen LogP contribution in [0.3, 0.4) is 0 Å². The van der Waals surface area contributed by atoms with Gasteiger partial charge in [-0.2, -0.15) is 8.75 Å². The Labute approximate surface area is 91.9 Å². The van der Waals surface area contributed by atoms with Crippen LogP contribution >= 0.6 is 23.3 Å². The highest BCUT2D eigenvalue weighted by Gasteiger charge is 2.20. The molecule has 0 amide bonds. The molecule has 1 aliphatic rings. The minimum absolute atomic E-state index is 0.312. The van der Waals surface area contributed by atoms with Crippen molar-refractivity contribution in [1.82, 2.24) is 8.75 Å². The van der Waals surface area contributed by atoms with Gasteiger partial charge in [0.1, 0.15) is 0 Å². The van der Waals surface area contributed by atoms with Gasteiger partial charge < -0.3 is 10.1 Å². The zero-order chi connectivity index (χ0) is 9.97. The summed E-state index contributed by atoms with van der Waals surface area (Å²) in [5.41, 5.74) is 0. The van der Waals surface area contributed by atoms with Gasteiger partial charge in [-0.3, -0.25) is 0 Å². The maximum atomic E-state index is 5.84. The Morgan fingerprint density at radius 2 is 2.43 bits per heavy atom. The van der Waals surface area contributed by atoms with Crippen molar-refractivity contribution in [2.24, 2.45) is 0 Å². The van der Waals surface area contributed by atoms with Crippen LogP contribution in [0.2, 0.25) is 5.15 Å². The fraction of sp³-hybridized carbons (Fsp3) is 0.750. The van der Waals surface area contributed by atoms with E-state index >= 15 is 0 Å². The second kappa shape index (κ2) is 4.42. The van der Waals surface area contributed by atoms with Crippen LogP contribution in [0.15, 0.2) is 0 Å². The molecule has 6 heteroatoms. The van der Waals surface area contributed by atoms with E-state index in [2.05, 4.69) is 21.0 Å². The number of ether oxygens (including phenoxy) is 1. The first kappa shape index (κ1) is 10.1. The molecule has 0 saturated carbocycles. The Morgan fingerprint density at radius 3 is 3.07 bits per heavy atom. The summed E-state index contributed by atoms with van der Waals surface area (Å²) >= 11 is 6.97. The Morgan fingerprint density at radius 1 is 1.57 bits per heavy atom. The molecule has 1 aromatic heterocycles. The zero-order valence-electron chi connectivity index (χ0n) is 7.86. The van der Waals surface area contributed by atoms with Crippen LogP contribution in [-0.2, 0) is 4.74 Å². The molecule has 2 unspecified atom stereocenters. The molecule has 78 valence electrons. The van der Waals surface area contributed by atoms with E-state index in [1.807, 2.05) is 0 Å². The summed E-state index contributed by atoms with van der Waals surface area (Å²) in [7, 11) is 0. The maximum Gasteiger partial charge on any atom is 0.186 e. The van der Waals surface area contributed by atoms with E-state index in [4.69, 9.17) is 16.3 Å². The molecule has 1 saturated heterocycles. The fourth-order valence-electron chi connectivity index (χ4n) is 1.59. The average molecular weight is 234 g/mol. The predicted octanol–water partition coefficient (Wildman–Crippen LogP) is 2.17. The first-order valence-corrected chi connectivity index (χ1v) is 5.72. The van der Waals surface area contributed by atoms with Crippen molar-refractivity contribution in [3.8, 4) is 0 Å². The maximum absolute atomic E-state index is 5.84. The lowest BCUT2D eigenvalue weighted by molar-refractivity contribution is 0.0232. The minimum Gasteiger partial charge on any atom is -0.378 e. The number of nitrogens with zero attached hydrogens (tertiary/aromatic N) is 2. The number of hydrogen-bond donors (Lipinski definition) is 1. The molecule has 1 N–H and O–H groups in total. The number of halogens is 1. The van der Waals surface area contributed by atoms with Crippen molar-refractivity contribution in [2.45, 2.75) is 31.9 Å². The van der Waals surface area contributed by atoms with Crippen LogP contribution in [0, 0.1) is 0 Å². The summed E-state index contributed by atoms with van der Waals surface area (Å²) in [6.45, 7) is 2.88. The molecule has 2 rings (SSSR count).